The van der Waals surface area contributed by atoms with Crippen molar-refractivity contribution in [3.63, 3.8) is 0 Å². The number of aromatic amines is 1. The van der Waals surface area contributed by atoms with Gasteiger partial charge < -0.3 is 0 Å². The van der Waals surface area contributed by atoms with Gasteiger partial charge in [0.25, 0.3) is 5.16 Å². The van der Waals surface area contributed by atoms with E-state index in [9.17, 15) is 60.6 Å². The molecule has 0 aliphatic rings. The van der Waals surface area contributed by atoms with Gasteiger partial charge in [0, 0.05) is 13.8 Å². The number of ether oxygens (including phenoxy) is 2. The van der Waals surface area contributed by atoms with Crippen molar-refractivity contribution >= 4 is 10.2 Å². The topological polar surface area (TPSA) is 94.2 Å². The highest BCUT2D eigenvalue weighted by Gasteiger charge is 2.72. The van der Waals surface area contributed by atoms with Crippen LogP contribution in [0, 0.1) is 0 Å². The molecule has 30 heavy (non-hydrogen) atoms. The molecule has 1 rings (SSSR count). The van der Waals surface area contributed by atoms with E-state index in [1.165, 1.54) is 0 Å². The first-order chi connectivity index (χ1) is 12.9. The minimum atomic E-state index is -6.69. The molecular weight excluding hydrogens is 486 g/mol. The summed E-state index contributed by atoms with van der Waals surface area (Å²) < 4.78 is 185. The zero-order valence-electron chi connectivity index (χ0n) is 14.0. The van der Waals surface area contributed by atoms with E-state index in [2.05, 4.69) is 19.6 Å². The first-order valence-electron chi connectivity index (χ1n) is 6.73. The van der Waals surface area contributed by atoms with E-state index in [-0.39, 0.29) is 0 Å². The molecule has 1 aromatic heterocycles. The van der Waals surface area contributed by atoms with Crippen molar-refractivity contribution in [1.82, 2.24) is 15.2 Å². The monoisotopic (exact) mass is 493 g/mol. The number of nitrogens with zero attached hydrogens (tertiary/aromatic N) is 2. The van der Waals surface area contributed by atoms with Crippen molar-refractivity contribution in [2.75, 3.05) is 0 Å². The van der Waals surface area contributed by atoms with Crippen LogP contribution in [0.1, 0.15) is 19.7 Å². The van der Waals surface area contributed by atoms with E-state index in [4.69, 9.17) is 0 Å². The molecule has 20 heteroatoms. The Morgan fingerprint density at radius 2 is 1.30 bits per heavy atom. The van der Waals surface area contributed by atoms with E-state index in [1.807, 2.05) is 0 Å². The summed E-state index contributed by atoms with van der Waals surface area (Å²) in [7, 11) is -6.01. The van der Waals surface area contributed by atoms with Crippen LogP contribution in [0.4, 0.5) is 52.2 Å². The Morgan fingerprint density at radius 3 is 1.63 bits per heavy atom. The molecule has 1 N–H and O–H groups in total. The summed E-state index contributed by atoms with van der Waals surface area (Å²) in [6.45, 7) is -1.44. The molecule has 0 aliphatic heterocycles. The average molecular weight is 493 g/mol. The van der Waals surface area contributed by atoms with Gasteiger partial charge in [-0.05, 0) is 0 Å². The molecule has 0 saturated heterocycles. The summed E-state index contributed by atoms with van der Waals surface area (Å²) in [5, 5.41) is 0.782. The molecule has 0 spiro atoms. The average Bonchev–Trinajstić information content (AvgIpc) is 2.92. The van der Waals surface area contributed by atoms with Crippen LogP contribution in [0.5, 0.6) is 0 Å². The summed E-state index contributed by atoms with van der Waals surface area (Å²) in [5.41, 5.74) is 0. The van der Waals surface area contributed by atoms with Gasteiger partial charge in [0.15, 0.2) is 0 Å². The van der Waals surface area contributed by atoms with Crippen LogP contribution in [-0.4, -0.2) is 53.8 Å². The van der Waals surface area contributed by atoms with Gasteiger partial charge >= 0.3 is 46.2 Å². The van der Waals surface area contributed by atoms with Gasteiger partial charge in [-0.25, -0.2) is 4.39 Å². The van der Waals surface area contributed by atoms with E-state index in [1.54, 1.807) is 0 Å². The van der Waals surface area contributed by atoms with Crippen molar-refractivity contribution < 1.29 is 70.1 Å². The van der Waals surface area contributed by atoms with Crippen LogP contribution >= 0.6 is 0 Å². The third kappa shape index (κ3) is 4.90. The Balaban J connectivity index is 3.44. The molecule has 0 bridgehead atoms. The lowest BCUT2D eigenvalue weighted by atomic mass is 10.2. The predicted octanol–water partition coefficient (Wildman–Crippen LogP) is 3.71. The van der Waals surface area contributed by atoms with Gasteiger partial charge in [-0.15, -0.1) is 5.10 Å². The Bertz CT molecular complexity index is 878. The molecule has 0 fully saturated rings. The largest absolute Gasteiger partial charge is 0.456 e. The number of alkyl halides is 11. The van der Waals surface area contributed by atoms with Gasteiger partial charge in [-0.3, -0.25) is 14.6 Å². The maximum Gasteiger partial charge on any atom is 0.456 e. The van der Waals surface area contributed by atoms with Gasteiger partial charge in [0.05, 0.1) is 0 Å². The third-order valence-corrected chi connectivity index (χ3v) is 3.59. The standard InChI is InChI=1S/C10H7F12N3O4S/c1-5(11,12)9(18,19)28-6(2,13)10(20,21)29-7(14,8(15,16)17)3-23-4(25-24-3)30(22,26)27/h1-2H3,(H,23,24,25). The van der Waals surface area contributed by atoms with Crippen LogP contribution in [0.3, 0.4) is 0 Å². The second kappa shape index (κ2) is 7.11. The Labute approximate surface area is 157 Å². The number of hydrogen-bond donors (Lipinski definition) is 1. The van der Waals surface area contributed by atoms with Crippen molar-refractivity contribution in [1.29, 1.82) is 0 Å². The summed E-state index contributed by atoms with van der Waals surface area (Å²) in [6, 6.07) is 0. The number of aromatic nitrogens is 3. The SMILES string of the molecule is CC(F)(F)C(F)(F)OC(C)(F)C(F)(F)OC(F)(c1nc(S(=O)(=O)F)n[nH]1)C(F)(F)F. The molecular formula is C10H7F12N3O4S. The molecule has 0 radical (unpaired) electrons. The molecule has 0 saturated carbocycles. The molecule has 2 atom stereocenters. The van der Waals surface area contributed by atoms with Crippen LogP contribution in [0.25, 0.3) is 0 Å². The van der Waals surface area contributed by atoms with Gasteiger partial charge in [-0.1, -0.05) is 3.89 Å². The Kier molecular flexibility index (Phi) is 6.21. The van der Waals surface area contributed by atoms with Crippen LogP contribution in [0.2, 0.25) is 0 Å². The van der Waals surface area contributed by atoms with E-state index in [0.29, 0.717) is 0 Å². The van der Waals surface area contributed by atoms with Crippen molar-refractivity contribution in [2.24, 2.45) is 0 Å². The number of hydrogen-bond acceptors (Lipinski definition) is 6. The molecule has 1 heterocycles. The molecule has 2 unspecified atom stereocenters. The third-order valence-electron chi connectivity index (χ3n) is 2.97. The van der Waals surface area contributed by atoms with Gasteiger partial charge in [-0.2, -0.15) is 57.3 Å². The molecule has 176 valence electrons. The van der Waals surface area contributed by atoms with Crippen LogP contribution in [-0.2, 0) is 25.6 Å². The first-order valence-corrected chi connectivity index (χ1v) is 8.12. The van der Waals surface area contributed by atoms with Crippen molar-refractivity contribution in [2.45, 2.75) is 55.0 Å². The lowest BCUT2D eigenvalue weighted by molar-refractivity contribution is -0.503. The normalized spacial score (nSPS) is 18.7. The number of halogens is 12. The molecule has 0 aromatic carbocycles. The summed E-state index contributed by atoms with van der Waals surface area (Å²) >= 11 is 0. The fourth-order valence-electron chi connectivity index (χ4n) is 1.40. The highest BCUT2D eigenvalue weighted by atomic mass is 32.3. The lowest BCUT2D eigenvalue weighted by Crippen LogP contribution is -2.58. The zero-order valence-corrected chi connectivity index (χ0v) is 14.8. The minimum Gasteiger partial charge on any atom is -0.270 e. The highest BCUT2D eigenvalue weighted by Crippen LogP contribution is 2.51. The van der Waals surface area contributed by atoms with Gasteiger partial charge in [0.1, 0.15) is 0 Å². The molecule has 7 nitrogen and oxygen atoms in total. The smallest absolute Gasteiger partial charge is 0.270 e. The molecule has 1 aromatic rings. The fourth-order valence-corrected chi connectivity index (χ4v) is 1.75. The minimum absolute atomic E-state index is 0.634. The van der Waals surface area contributed by atoms with Crippen molar-refractivity contribution in [3.8, 4) is 0 Å². The molecule has 0 amide bonds. The Morgan fingerprint density at radius 1 is 0.833 bits per heavy atom. The lowest BCUT2D eigenvalue weighted by Gasteiger charge is -2.37. The van der Waals surface area contributed by atoms with E-state index < -0.39 is 71.1 Å². The maximum absolute atomic E-state index is 14.3. The highest BCUT2D eigenvalue weighted by molar-refractivity contribution is 7.86. The summed E-state index contributed by atoms with van der Waals surface area (Å²) in [5.74, 6) is -19.6. The second-order valence-electron chi connectivity index (χ2n) is 5.54. The van der Waals surface area contributed by atoms with Crippen molar-refractivity contribution in [3.05, 3.63) is 5.82 Å². The van der Waals surface area contributed by atoms with E-state index in [0.717, 1.165) is 5.10 Å². The summed E-state index contributed by atoms with van der Waals surface area (Å²) in [4.78, 5) is 2.09. The van der Waals surface area contributed by atoms with Gasteiger partial charge in [0.2, 0.25) is 5.82 Å². The zero-order chi connectivity index (χ0) is 24.2. The number of nitrogens with one attached hydrogen (secondary N) is 1. The van der Waals surface area contributed by atoms with Crippen LogP contribution < -0.4 is 0 Å². The summed E-state index contributed by atoms with van der Waals surface area (Å²) in [6.07, 6.45) is -19.2. The second-order valence-corrected chi connectivity index (χ2v) is 6.78. The van der Waals surface area contributed by atoms with E-state index >= 15 is 0 Å². The quantitative estimate of drug-likeness (QED) is 0.439. The maximum atomic E-state index is 14.3. The number of rotatable bonds is 8. The van der Waals surface area contributed by atoms with Crippen LogP contribution in [0.15, 0.2) is 5.16 Å². The Hall–Kier alpha value is -1.83. The fraction of sp³-hybridized carbons (Fsp3) is 0.800. The predicted molar refractivity (Wildman–Crippen MR) is 65.7 cm³/mol. The first kappa shape index (κ1) is 26.2. The number of H-pyrrole nitrogens is 1. The molecule has 0 aliphatic carbocycles.